The molecule has 1 amide bonds. The number of methoxy groups -OCH3 is 1. The molecule has 1 aromatic rings. The van der Waals surface area contributed by atoms with Crippen LogP contribution in [0, 0.1) is 11.3 Å². The van der Waals surface area contributed by atoms with Gasteiger partial charge in [0.05, 0.1) is 19.7 Å². The summed E-state index contributed by atoms with van der Waals surface area (Å²) in [5, 5.41) is 6.43. The molecule has 4 heteroatoms. The molecule has 0 bridgehead atoms. The number of rotatable bonds is 9. The van der Waals surface area contributed by atoms with E-state index in [1.54, 1.807) is 7.11 Å². The number of hydrogen-bond acceptors (Lipinski definition) is 3. The molecule has 0 aliphatic heterocycles. The topological polar surface area (TPSA) is 50.4 Å². The van der Waals surface area contributed by atoms with Crippen LogP contribution >= 0.6 is 0 Å². The molecule has 2 rings (SSSR count). The molecule has 2 N–H and O–H groups in total. The summed E-state index contributed by atoms with van der Waals surface area (Å²) >= 11 is 0. The molecule has 144 valence electrons. The number of benzene rings is 1. The first-order chi connectivity index (χ1) is 12.4. The zero-order valence-electron chi connectivity index (χ0n) is 16.9. The lowest BCUT2D eigenvalue weighted by molar-refractivity contribution is -0.121. The Kier molecular flexibility index (Phi) is 7.27. The molecule has 0 fully saturated rings. The SMILES string of the molecule is CCC(NC(=O)CNCC[C@@H]1CC=C(C)C1(C)C)c1ccc(OC)cc1. The third-order valence-electron chi connectivity index (χ3n) is 5.96. The summed E-state index contributed by atoms with van der Waals surface area (Å²) in [4.78, 5) is 12.3. The van der Waals surface area contributed by atoms with Crippen LogP contribution in [0.3, 0.4) is 0 Å². The lowest BCUT2D eigenvalue weighted by Crippen LogP contribution is -2.37. The molecule has 1 unspecified atom stereocenters. The smallest absolute Gasteiger partial charge is 0.234 e. The normalized spacial score (nSPS) is 19.7. The molecule has 0 saturated heterocycles. The van der Waals surface area contributed by atoms with Gasteiger partial charge in [0, 0.05) is 0 Å². The molecule has 0 aromatic heterocycles. The standard InChI is InChI=1S/C22H34N2O2/c1-6-20(17-8-11-19(26-5)12-9-17)24-21(25)15-23-14-13-18-10-7-16(2)22(18,3)4/h7-9,11-12,18,20,23H,6,10,13-15H2,1-5H3,(H,24,25)/t18-,20?/m0/s1. The van der Waals surface area contributed by atoms with Crippen molar-refractivity contribution in [2.45, 2.75) is 53.0 Å². The van der Waals surface area contributed by atoms with Crippen molar-refractivity contribution in [1.29, 1.82) is 0 Å². The first-order valence-electron chi connectivity index (χ1n) is 9.69. The summed E-state index contributed by atoms with van der Waals surface area (Å²) in [6.45, 7) is 10.2. The summed E-state index contributed by atoms with van der Waals surface area (Å²) in [6, 6.07) is 7.93. The van der Waals surface area contributed by atoms with Gasteiger partial charge in [-0.1, -0.05) is 44.6 Å². The zero-order valence-corrected chi connectivity index (χ0v) is 16.9. The number of allylic oxidation sites excluding steroid dienone is 2. The highest BCUT2D eigenvalue weighted by atomic mass is 16.5. The Labute approximate surface area is 158 Å². The highest BCUT2D eigenvalue weighted by Crippen LogP contribution is 2.44. The molecule has 1 aliphatic carbocycles. The van der Waals surface area contributed by atoms with Crippen LogP contribution in [0.1, 0.15) is 58.6 Å². The second kappa shape index (κ2) is 9.22. The van der Waals surface area contributed by atoms with Crippen molar-refractivity contribution in [1.82, 2.24) is 10.6 Å². The molecule has 0 heterocycles. The second-order valence-electron chi connectivity index (χ2n) is 7.81. The Morgan fingerprint density at radius 2 is 2.00 bits per heavy atom. The molecule has 0 spiro atoms. The maximum Gasteiger partial charge on any atom is 0.234 e. The van der Waals surface area contributed by atoms with Gasteiger partial charge < -0.3 is 15.4 Å². The van der Waals surface area contributed by atoms with Gasteiger partial charge in [-0.3, -0.25) is 4.79 Å². The van der Waals surface area contributed by atoms with E-state index in [4.69, 9.17) is 4.74 Å². The number of nitrogens with one attached hydrogen (secondary N) is 2. The van der Waals surface area contributed by atoms with E-state index in [0.717, 1.165) is 37.1 Å². The minimum Gasteiger partial charge on any atom is -0.497 e. The highest BCUT2D eigenvalue weighted by molar-refractivity contribution is 5.78. The number of amides is 1. The van der Waals surface area contributed by atoms with Crippen molar-refractivity contribution < 1.29 is 9.53 Å². The fraction of sp³-hybridized carbons (Fsp3) is 0.591. The quantitative estimate of drug-likeness (QED) is 0.513. The van der Waals surface area contributed by atoms with Gasteiger partial charge in [-0.25, -0.2) is 0 Å². The largest absolute Gasteiger partial charge is 0.497 e. The van der Waals surface area contributed by atoms with Gasteiger partial charge in [-0.2, -0.15) is 0 Å². The monoisotopic (exact) mass is 358 g/mol. The molecule has 26 heavy (non-hydrogen) atoms. The Morgan fingerprint density at radius 3 is 2.54 bits per heavy atom. The van der Waals surface area contributed by atoms with Crippen LogP contribution in [0.2, 0.25) is 0 Å². The Morgan fingerprint density at radius 1 is 1.31 bits per heavy atom. The van der Waals surface area contributed by atoms with E-state index in [9.17, 15) is 4.79 Å². The molecule has 0 saturated carbocycles. The van der Waals surface area contributed by atoms with Crippen LogP contribution < -0.4 is 15.4 Å². The molecule has 4 nitrogen and oxygen atoms in total. The van der Waals surface area contributed by atoms with Gasteiger partial charge in [0.1, 0.15) is 5.75 Å². The van der Waals surface area contributed by atoms with Gasteiger partial charge in [0.25, 0.3) is 0 Å². The van der Waals surface area contributed by atoms with E-state index in [2.05, 4.69) is 44.4 Å². The number of ether oxygens (including phenoxy) is 1. The Bertz CT molecular complexity index is 620. The van der Waals surface area contributed by atoms with Crippen LogP contribution in [0.15, 0.2) is 35.9 Å². The third-order valence-corrected chi connectivity index (χ3v) is 5.96. The van der Waals surface area contributed by atoms with Crippen LogP contribution in [0.5, 0.6) is 5.75 Å². The van der Waals surface area contributed by atoms with Crippen LogP contribution in [0.4, 0.5) is 0 Å². The lowest BCUT2D eigenvalue weighted by atomic mass is 9.76. The summed E-state index contributed by atoms with van der Waals surface area (Å²) in [7, 11) is 1.66. The molecule has 1 aromatic carbocycles. The van der Waals surface area contributed by atoms with Crippen LogP contribution in [-0.4, -0.2) is 26.1 Å². The zero-order chi connectivity index (χ0) is 19.2. The van der Waals surface area contributed by atoms with Crippen molar-refractivity contribution in [3.8, 4) is 5.75 Å². The second-order valence-corrected chi connectivity index (χ2v) is 7.81. The fourth-order valence-electron chi connectivity index (χ4n) is 3.66. The van der Waals surface area contributed by atoms with E-state index in [1.807, 2.05) is 24.3 Å². The van der Waals surface area contributed by atoms with Gasteiger partial charge in [0.2, 0.25) is 5.91 Å². The van der Waals surface area contributed by atoms with Crippen LogP contribution in [0.25, 0.3) is 0 Å². The van der Waals surface area contributed by atoms with Gasteiger partial charge in [0.15, 0.2) is 0 Å². The Hall–Kier alpha value is -1.81. The molecular weight excluding hydrogens is 324 g/mol. The molecule has 0 radical (unpaired) electrons. The van der Waals surface area contributed by atoms with Gasteiger partial charge in [-0.05, 0) is 61.8 Å². The number of carbonyl (C=O) groups excluding carboxylic acids is 1. The minimum absolute atomic E-state index is 0.0378. The maximum atomic E-state index is 12.3. The van der Waals surface area contributed by atoms with E-state index in [1.165, 1.54) is 5.57 Å². The van der Waals surface area contributed by atoms with Crippen molar-refractivity contribution in [2.24, 2.45) is 11.3 Å². The average molecular weight is 359 g/mol. The van der Waals surface area contributed by atoms with Crippen molar-refractivity contribution >= 4 is 5.91 Å². The first kappa shape index (κ1) is 20.5. The van der Waals surface area contributed by atoms with E-state index in [-0.39, 0.29) is 17.4 Å². The summed E-state index contributed by atoms with van der Waals surface area (Å²) in [6.07, 6.45) is 5.48. The van der Waals surface area contributed by atoms with Crippen molar-refractivity contribution in [2.75, 3.05) is 20.2 Å². The Balaban J connectivity index is 1.73. The predicted octanol–water partition coefficient (Wildman–Crippen LogP) is 4.23. The summed E-state index contributed by atoms with van der Waals surface area (Å²) in [5.41, 5.74) is 2.88. The number of hydrogen-bond donors (Lipinski definition) is 2. The summed E-state index contributed by atoms with van der Waals surface area (Å²) < 4.78 is 5.19. The first-order valence-corrected chi connectivity index (χ1v) is 9.69. The van der Waals surface area contributed by atoms with Crippen LogP contribution in [-0.2, 0) is 4.79 Å². The fourth-order valence-corrected chi connectivity index (χ4v) is 3.66. The van der Waals surface area contributed by atoms with E-state index < -0.39 is 0 Å². The van der Waals surface area contributed by atoms with Crippen molar-refractivity contribution in [3.05, 3.63) is 41.5 Å². The summed E-state index contributed by atoms with van der Waals surface area (Å²) in [5.74, 6) is 1.55. The van der Waals surface area contributed by atoms with Gasteiger partial charge in [-0.15, -0.1) is 0 Å². The van der Waals surface area contributed by atoms with Gasteiger partial charge >= 0.3 is 0 Å². The predicted molar refractivity (Wildman–Crippen MR) is 107 cm³/mol. The molecular formula is C22H34N2O2. The lowest BCUT2D eigenvalue weighted by Gasteiger charge is -2.29. The minimum atomic E-state index is 0.0378. The molecule has 2 atom stereocenters. The van der Waals surface area contributed by atoms with Crippen molar-refractivity contribution in [3.63, 3.8) is 0 Å². The maximum absolute atomic E-state index is 12.3. The number of carbonyl (C=O) groups is 1. The average Bonchev–Trinajstić information content (AvgIpc) is 2.89. The van der Waals surface area contributed by atoms with E-state index >= 15 is 0 Å². The van der Waals surface area contributed by atoms with E-state index in [0.29, 0.717) is 12.5 Å². The third kappa shape index (κ3) is 5.10. The molecule has 1 aliphatic rings. The highest BCUT2D eigenvalue weighted by Gasteiger charge is 2.34.